The molecule has 3 aromatic rings. The van der Waals surface area contributed by atoms with Gasteiger partial charge in [0.05, 0.1) is 24.8 Å². The summed E-state index contributed by atoms with van der Waals surface area (Å²) in [5.74, 6) is 2.76. The highest BCUT2D eigenvalue weighted by Crippen LogP contribution is 2.20. The van der Waals surface area contributed by atoms with Crippen LogP contribution in [-0.2, 0) is 22.5 Å². The van der Waals surface area contributed by atoms with Crippen molar-refractivity contribution >= 4 is 16.9 Å². The molecule has 0 spiro atoms. The number of nitrogens with one attached hydrogen (secondary N) is 1. The molecule has 2 aromatic carbocycles. The fourth-order valence-corrected chi connectivity index (χ4v) is 4.16. The topological polar surface area (TPSA) is 74.6 Å². The van der Waals surface area contributed by atoms with Crippen LogP contribution >= 0.6 is 0 Å². The Labute approximate surface area is 195 Å². The minimum absolute atomic E-state index is 0.0119. The SMILES string of the molecule is COc1ccc(OCCCCn2c(CCCNC(=O)C3CCCO3)nc3ccccc32)cc1. The molecule has 7 heteroatoms. The van der Waals surface area contributed by atoms with E-state index in [0.29, 0.717) is 19.8 Å². The zero-order valence-corrected chi connectivity index (χ0v) is 19.3. The van der Waals surface area contributed by atoms with Gasteiger partial charge in [-0.3, -0.25) is 4.79 Å². The van der Waals surface area contributed by atoms with E-state index in [4.69, 9.17) is 19.2 Å². The van der Waals surface area contributed by atoms with Gasteiger partial charge in [-0.05, 0) is 68.5 Å². The van der Waals surface area contributed by atoms with Crippen molar-refractivity contribution in [2.45, 2.75) is 51.2 Å². The maximum atomic E-state index is 12.1. The Morgan fingerprint density at radius 3 is 2.73 bits per heavy atom. The maximum absolute atomic E-state index is 12.1. The molecule has 176 valence electrons. The quantitative estimate of drug-likeness (QED) is 0.419. The van der Waals surface area contributed by atoms with Crippen molar-refractivity contribution in [3.8, 4) is 11.5 Å². The van der Waals surface area contributed by atoms with Crippen LogP contribution in [-0.4, -0.2) is 48.4 Å². The lowest BCUT2D eigenvalue weighted by Gasteiger charge is -2.12. The van der Waals surface area contributed by atoms with E-state index in [1.54, 1.807) is 7.11 Å². The van der Waals surface area contributed by atoms with Gasteiger partial charge in [-0.15, -0.1) is 0 Å². The number of hydrogen-bond acceptors (Lipinski definition) is 5. The standard InChI is InChI=1S/C26H33N3O4/c1-31-20-12-14-21(15-13-20)32-18-5-4-17-29-23-9-3-2-8-22(23)28-25(29)11-6-16-27-26(30)24-10-7-19-33-24/h2-3,8-9,12-15,24H,4-7,10-11,16-19H2,1H3,(H,27,30). The molecule has 1 unspecified atom stereocenters. The number of aromatic nitrogens is 2. The van der Waals surface area contributed by atoms with Crippen LogP contribution in [0.1, 0.15) is 37.9 Å². The molecule has 0 aliphatic carbocycles. The van der Waals surface area contributed by atoms with Crippen molar-refractivity contribution in [2.75, 3.05) is 26.9 Å². The number of hydrogen-bond donors (Lipinski definition) is 1. The lowest BCUT2D eigenvalue weighted by atomic mass is 10.2. The summed E-state index contributed by atoms with van der Waals surface area (Å²) < 4.78 is 18.8. The highest BCUT2D eigenvalue weighted by Gasteiger charge is 2.22. The summed E-state index contributed by atoms with van der Waals surface area (Å²) in [5, 5.41) is 3.01. The Balaban J connectivity index is 1.26. The van der Waals surface area contributed by atoms with Gasteiger partial charge < -0.3 is 24.1 Å². The molecular formula is C26H33N3O4. The summed E-state index contributed by atoms with van der Waals surface area (Å²) in [6.07, 6.45) is 5.14. The number of amides is 1. The molecule has 0 radical (unpaired) electrons. The van der Waals surface area contributed by atoms with Crippen LogP contribution < -0.4 is 14.8 Å². The summed E-state index contributed by atoms with van der Waals surface area (Å²) >= 11 is 0. The molecule has 0 bridgehead atoms. The zero-order valence-electron chi connectivity index (χ0n) is 19.3. The van der Waals surface area contributed by atoms with E-state index in [-0.39, 0.29) is 12.0 Å². The summed E-state index contributed by atoms with van der Waals surface area (Å²) in [6, 6.07) is 15.9. The number of para-hydroxylation sites is 2. The summed E-state index contributed by atoms with van der Waals surface area (Å²) in [6.45, 7) is 2.89. The second kappa shape index (κ2) is 11.7. The summed E-state index contributed by atoms with van der Waals surface area (Å²) in [4.78, 5) is 17.0. The molecule has 7 nitrogen and oxygen atoms in total. The fraction of sp³-hybridized carbons (Fsp3) is 0.462. The van der Waals surface area contributed by atoms with E-state index in [9.17, 15) is 4.79 Å². The second-order valence-corrected chi connectivity index (χ2v) is 8.30. The molecule has 1 saturated heterocycles. The molecule has 0 saturated carbocycles. The Morgan fingerprint density at radius 2 is 1.94 bits per heavy atom. The van der Waals surface area contributed by atoms with Gasteiger partial charge in [0.15, 0.2) is 0 Å². The molecule has 1 aliphatic heterocycles. The molecule has 1 fully saturated rings. The summed E-state index contributed by atoms with van der Waals surface area (Å²) in [7, 11) is 1.66. The van der Waals surface area contributed by atoms with E-state index in [1.807, 2.05) is 30.3 Å². The smallest absolute Gasteiger partial charge is 0.249 e. The third kappa shape index (κ3) is 6.26. The first-order valence-corrected chi connectivity index (χ1v) is 11.8. The molecule has 2 heterocycles. The lowest BCUT2D eigenvalue weighted by molar-refractivity contribution is -0.130. The Morgan fingerprint density at radius 1 is 1.12 bits per heavy atom. The van der Waals surface area contributed by atoms with Crippen LogP contribution in [0.4, 0.5) is 0 Å². The van der Waals surface area contributed by atoms with E-state index < -0.39 is 0 Å². The first-order chi connectivity index (χ1) is 16.2. The Bertz CT molecular complexity index is 1030. The van der Waals surface area contributed by atoms with Gasteiger partial charge in [0.25, 0.3) is 0 Å². The molecule has 1 aromatic heterocycles. The minimum atomic E-state index is -0.269. The number of ether oxygens (including phenoxy) is 3. The number of benzene rings is 2. The average molecular weight is 452 g/mol. The number of unbranched alkanes of at least 4 members (excludes halogenated alkanes) is 1. The third-order valence-electron chi connectivity index (χ3n) is 5.94. The highest BCUT2D eigenvalue weighted by molar-refractivity contribution is 5.80. The van der Waals surface area contributed by atoms with Crippen LogP contribution in [0.3, 0.4) is 0 Å². The lowest BCUT2D eigenvalue weighted by Crippen LogP contribution is -2.34. The molecular weight excluding hydrogens is 418 g/mol. The maximum Gasteiger partial charge on any atom is 0.249 e. The van der Waals surface area contributed by atoms with Crippen LogP contribution in [0.5, 0.6) is 11.5 Å². The van der Waals surface area contributed by atoms with Crippen LogP contribution in [0.15, 0.2) is 48.5 Å². The van der Waals surface area contributed by atoms with Crippen molar-refractivity contribution in [1.29, 1.82) is 0 Å². The molecule has 1 N–H and O–H groups in total. The number of fused-ring (bicyclic) bond motifs is 1. The van der Waals surface area contributed by atoms with Crippen molar-refractivity contribution in [1.82, 2.24) is 14.9 Å². The van der Waals surface area contributed by atoms with Gasteiger partial charge in [-0.2, -0.15) is 0 Å². The van der Waals surface area contributed by atoms with Crippen LogP contribution in [0.2, 0.25) is 0 Å². The number of aryl methyl sites for hydroxylation is 2. The van der Waals surface area contributed by atoms with Crippen molar-refractivity contribution in [2.24, 2.45) is 0 Å². The fourth-order valence-electron chi connectivity index (χ4n) is 4.16. The van der Waals surface area contributed by atoms with Crippen LogP contribution in [0.25, 0.3) is 11.0 Å². The van der Waals surface area contributed by atoms with E-state index in [0.717, 1.165) is 73.4 Å². The predicted molar refractivity (Wildman–Crippen MR) is 128 cm³/mol. The van der Waals surface area contributed by atoms with Gasteiger partial charge in [0, 0.05) is 26.1 Å². The normalized spacial score (nSPS) is 15.6. The predicted octanol–water partition coefficient (Wildman–Crippen LogP) is 4.13. The highest BCUT2D eigenvalue weighted by atomic mass is 16.5. The van der Waals surface area contributed by atoms with Crippen molar-refractivity contribution < 1.29 is 19.0 Å². The van der Waals surface area contributed by atoms with Gasteiger partial charge in [0.2, 0.25) is 5.91 Å². The largest absolute Gasteiger partial charge is 0.497 e. The number of carbonyl (C=O) groups is 1. The van der Waals surface area contributed by atoms with E-state index in [2.05, 4.69) is 28.1 Å². The van der Waals surface area contributed by atoms with Crippen molar-refractivity contribution in [3.05, 3.63) is 54.4 Å². The number of rotatable bonds is 12. The number of methoxy groups -OCH3 is 1. The monoisotopic (exact) mass is 451 g/mol. The Hall–Kier alpha value is -3.06. The van der Waals surface area contributed by atoms with Gasteiger partial charge >= 0.3 is 0 Å². The number of nitrogens with zero attached hydrogens (tertiary/aromatic N) is 2. The average Bonchev–Trinajstić information content (AvgIpc) is 3.50. The van der Waals surface area contributed by atoms with Gasteiger partial charge in [0.1, 0.15) is 23.4 Å². The molecule has 1 amide bonds. The van der Waals surface area contributed by atoms with Crippen molar-refractivity contribution in [3.63, 3.8) is 0 Å². The van der Waals surface area contributed by atoms with E-state index >= 15 is 0 Å². The van der Waals surface area contributed by atoms with Gasteiger partial charge in [-0.1, -0.05) is 12.1 Å². The zero-order chi connectivity index (χ0) is 22.9. The number of imidazole rings is 1. The minimum Gasteiger partial charge on any atom is -0.497 e. The second-order valence-electron chi connectivity index (χ2n) is 8.30. The summed E-state index contributed by atoms with van der Waals surface area (Å²) in [5.41, 5.74) is 2.18. The van der Waals surface area contributed by atoms with E-state index in [1.165, 1.54) is 0 Å². The molecule has 33 heavy (non-hydrogen) atoms. The third-order valence-corrected chi connectivity index (χ3v) is 5.94. The number of carbonyl (C=O) groups excluding carboxylic acids is 1. The van der Waals surface area contributed by atoms with Gasteiger partial charge in [-0.25, -0.2) is 4.98 Å². The molecule has 1 aliphatic rings. The Kier molecular flexibility index (Phi) is 8.19. The first kappa shape index (κ1) is 23.1. The molecule has 4 rings (SSSR count). The first-order valence-electron chi connectivity index (χ1n) is 11.8. The van der Waals surface area contributed by atoms with Crippen LogP contribution in [0, 0.1) is 0 Å². The molecule has 1 atom stereocenters.